The molecule has 1 aliphatic heterocycles. The van der Waals surface area contributed by atoms with E-state index in [1.165, 1.54) is 0 Å². The van der Waals surface area contributed by atoms with Gasteiger partial charge in [-0.05, 0) is 24.5 Å². The first-order valence-corrected chi connectivity index (χ1v) is 8.87. The number of unbranched alkanes of at least 4 members (excludes halogenated alkanes) is 1. The molecule has 1 aromatic rings. The number of amides is 2. The first-order valence-electron chi connectivity index (χ1n) is 8.87. The summed E-state index contributed by atoms with van der Waals surface area (Å²) in [5.41, 5.74) is 8.08. The van der Waals surface area contributed by atoms with Crippen LogP contribution in [0.2, 0.25) is 0 Å². The third-order valence-corrected chi connectivity index (χ3v) is 4.45. The molecule has 0 aromatic heterocycles. The summed E-state index contributed by atoms with van der Waals surface area (Å²) < 4.78 is 0. The van der Waals surface area contributed by atoms with Gasteiger partial charge in [0.2, 0.25) is 5.91 Å². The summed E-state index contributed by atoms with van der Waals surface area (Å²) in [5, 5.41) is 2.83. The molecule has 3 N–H and O–H groups in total. The summed E-state index contributed by atoms with van der Waals surface area (Å²) in [4.78, 5) is 31.7. The molecular formula is C19H28N4O2. The third-order valence-electron chi connectivity index (χ3n) is 4.45. The molecule has 6 heteroatoms. The smallest absolute Gasteiger partial charge is 0.255 e. The summed E-state index contributed by atoms with van der Waals surface area (Å²) in [7, 11) is 1.70. The zero-order valence-corrected chi connectivity index (χ0v) is 15.5. The highest BCUT2D eigenvalue weighted by atomic mass is 16.2. The first-order chi connectivity index (χ1) is 11.9. The van der Waals surface area contributed by atoms with Gasteiger partial charge in [0.25, 0.3) is 5.91 Å². The van der Waals surface area contributed by atoms with Gasteiger partial charge in [-0.2, -0.15) is 0 Å². The highest BCUT2D eigenvalue weighted by Gasteiger charge is 2.35. The van der Waals surface area contributed by atoms with Crippen molar-refractivity contribution >= 4 is 28.9 Å². The molecule has 136 valence electrons. The number of anilines is 1. The number of rotatable bonds is 6. The molecule has 2 amide bonds. The van der Waals surface area contributed by atoms with Gasteiger partial charge in [0.1, 0.15) is 6.04 Å². The van der Waals surface area contributed by atoms with E-state index in [1.54, 1.807) is 11.9 Å². The van der Waals surface area contributed by atoms with Gasteiger partial charge >= 0.3 is 0 Å². The van der Waals surface area contributed by atoms with E-state index in [-0.39, 0.29) is 17.7 Å². The number of para-hydroxylation sites is 2. The third kappa shape index (κ3) is 4.25. The topological polar surface area (TPSA) is 87.8 Å². The molecule has 0 bridgehead atoms. The summed E-state index contributed by atoms with van der Waals surface area (Å²) in [5.74, 6) is -0.492. The highest BCUT2D eigenvalue weighted by Crippen LogP contribution is 2.32. The number of carbonyl (C=O) groups excluding carboxylic acids is 2. The molecule has 1 heterocycles. The fourth-order valence-electron chi connectivity index (χ4n) is 2.89. The Kier molecular flexibility index (Phi) is 6.31. The molecule has 0 radical (unpaired) electrons. The second kappa shape index (κ2) is 8.25. The lowest BCUT2D eigenvalue weighted by atomic mass is 9.98. The van der Waals surface area contributed by atoms with E-state index in [4.69, 9.17) is 10.7 Å². The Morgan fingerprint density at radius 1 is 1.36 bits per heavy atom. The number of nitrogens with one attached hydrogen (secondary N) is 1. The number of carbonyl (C=O) groups is 2. The lowest BCUT2D eigenvalue weighted by Crippen LogP contribution is -2.55. The molecule has 25 heavy (non-hydrogen) atoms. The van der Waals surface area contributed by atoms with Crippen LogP contribution in [0.15, 0.2) is 29.3 Å². The second-order valence-electron chi connectivity index (χ2n) is 6.77. The highest BCUT2D eigenvalue weighted by molar-refractivity contribution is 6.19. The first kappa shape index (κ1) is 19.1. The summed E-state index contributed by atoms with van der Waals surface area (Å²) in [6.45, 7) is 5.99. The Balaban J connectivity index is 2.33. The predicted molar refractivity (Wildman–Crippen MR) is 101 cm³/mol. The van der Waals surface area contributed by atoms with Gasteiger partial charge < -0.3 is 16.0 Å². The zero-order valence-electron chi connectivity index (χ0n) is 15.5. The van der Waals surface area contributed by atoms with Crippen molar-refractivity contribution in [1.29, 1.82) is 0 Å². The number of aliphatic imine (C=N–C) groups is 1. The maximum atomic E-state index is 13.0. The normalized spacial score (nSPS) is 18.5. The Hall–Kier alpha value is -2.21. The average Bonchev–Trinajstić information content (AvgIpc) is 2.70. The van der Waals surface area contributed by atoms with E-state index in [9.17, 15) is 9.59 Å². The zero-order chi connectivity index (χ0) is 18.6. The van der Waals surface area contributed by atoms with Crippen molar-refractivity contribution in [3.63, 3.8) is 0 Å². The molecule has 1 unspecified atom stereocenters. The van der Waals surface area contributed by atoms with Crippen LogP contribution in [0, 0.1) is 5.92 Å². The van der Waals surface area contributed by atoms with Crippen molar-refractivity contribution in [2.75, 3.05) is 11.9 Å². The SMILES string of the molecule is CCCC[C@H](N)C(=O)NC1C(=O)N(C)c2ccccc2N=C1C(C)C. The van der Waals surface area contributed by atoms with Crippen molar-refractivity contribution in [3.05, 3.63) is 24.3 Å². The van der Waals surface area contributed by atoms with E-state index in [1.807, 2.05) is 38.1 Å². The molecule has 6 nitrogen and oxygen atoms in total. The predicted octanol–water partition coefficient (Wildman–Crippen LogP) is 2.39. The van der Waals surface area contributed by atoms with Gasteiger partial charge in [-0.1, -0.05) is 45.7 Å². The Morgan fingerprint density at radius 3 is 2.68 bits per heavy atom. The summed E-state index contributed by atoms with van der Waals surface area (Å²) >= 11 is 0. The van der Waals surface area contributed by atoms with Crippen LogP contribution < -0.4 is 16.0 Å². The average molecular weight is 344 g/mol. The second-order valence-corrected chi connectivity index (χ2v) is 6.77. The maximum absolute atomic E-state index is 13.0. The molecule has 0 fully saturated rings. The molecule has 2 atom stereocenters. The number of likely N-dealkylation sites (N-methyl/N-ethyl adjacent to an activating group) is 1. The van der Waals surface area contributed by atoms with Crippen LogP contribution in [0.3, 0.4) is 0 Å². The minimum Gasteiger partial charge on any atom is -0.338 e. The number of benzene rings is 1. The summed E-state index contributed by atoms with van der Waals surface area (Å²) in [6, 6.07) is 6.07. The van der Waals surface area contributed by atoms with Crippen LogP contribution in [0.5, 0.6) is 0 Å². The Bertz CT molecular complexity index is 669. The van der Waals surface area contributed by atoms with Crippen LogP contribution >= 0.6 is 0 Å². The number of fused-ring (bicyclic) bond motifs is 1. The van der Waals surface area contributed by atoms with Crippen LogP contribution in [0.4, 0.5) is 11.4 Å². The Morgan fingerprint density at radius 2 is 2.04 bits per heavy atom. The number of nitrogens with zero attached hydrogens (tertiary/aromatic N) is 2. The fourth-order valence-corrected chi connectivity index (χ4v) is 2.89. The number of nitrogens with two attached hydrogens (primary N) is 1. The van der Waals surface area contributed by atoms with Gasteiger partial charge in [-0.25, -0.2) is 0 Å². The largest absolute Gasteiger partial charge is 0.338 e. The van der Waals surface area contributed by atoms with Crippen LogP contribution in [0.1, 0.15) is 40.0 Å². The number of hydrogen-bond acceptors (Lipinski definition) is 4. The van der Waals surface area contributed by atoms with E-state index in [0.717, 1.165) is 24.2 Å². The van der Waals surface area contributed by atoms with Crippen LogP contribution in [-0.2, 0) is 9.59 Å². The van der Waals surface area contributed by atoms with Crippen LogP contribution in [-0.4, -0.2) is 36.7 Å². The maximum Gasteiger partial charge on any atom is 0.255 e. The van der Waals surface area contributed by atoms with Crippen molar-refractivity contribution in [3.8, 4) is 0 Å². The molecule has 2 rings (SSSR count). The van der Waals surface area contributed by atoms with Crippen molar-refractivity contribution in [1.82, 2.24) is 5.32 Å². The minimum absolute atomic E-state index is 0.0145. The summed E-state index contributed by atoms with van der Waals surface area (Å²) in [6.07, 6.45) is 2.46. The number of hydrogen-bond donors (Lipinski definition) is 2. The van der Waals surface area contributed by atoms with E-state index >= 15 is 0 Å². The molecule has 0 saturated heterocycles. The monoisotopic (exact) mass is 344 g/mol. The van der Waals surface area contributed by atoms with Crippen LogP contribution in [0.25, 0.3) is 0 Å². The fraction of sp³-hybridized carbons (Fsp3) is 0.526. The van der Waals surface area contributed by atoms with Gasteiger partial charge in [0, 0.05) is 7.05 Å². The molecule has 0 spiro atoms. The molecule has 0 aliphatic carbocycles. The van der Waals surface area contributed by atoms with Gasteiger partial charge in [0.05, 0.1) is 23.1 Å². The molecule has 1 aromatic carbocycles. The molecule has 1 aliphatic rings. The van der Waals surface area contributed by atoms with Crippen molar-refractivity contribution < 1.29 is 9.59 Å². The standard InChI is InChI=1S/C19H28N4O2/c1-5-6-9-13(20)18(24)22-17-16(12(2)3)21-14-10-7-8-11-15(14)23(4)19(17)25/h7-8,10-13,17H,5-6,9,20H2,1-4H3,(H,22,24)/t13-,17?/m0/s1. The molecule has 0 saturated carbocycles. The van der Waals surface area contributed by atoms with Crippen molar-refractivity contribution in [2.45, 2.75) is 52.1 Å². The molecular weight excluding hydrogens is 316 g/mol. The van der Waals surface area contributed by atoms with Gasteiger partial charge in [-0.3, -0.25) is 14.6 Å². The van der Waals surface area contributed by atoms with Gasteiger partial charge in [0.15, 0.2) is 0 Å². The quantitative estimate of drug-likeness (QED) is 0.830. The lowest BCUT2D eigenvalue weighted by Gasteiger charge is -2.25. The lowest BCUT2D eigenvalue weighted by molar-refractivity contribution is -0.127. The van der Waals surface area contributed by atoms with Gasteiger partial charge in [-0.15, -0.1) is 0 Å². The minimum atomic E-state index is -0.794. The van der Waals surface area contributed by atoms with E-state index in [0.29, 0.717) is 12.1 Å². The van der Waals surface area contributed by atoms with E-state index in [2.05, 4.69) is 12.2 Å². The van der Waals surface area contributed by atoms with Crippen molar-refractivity contribution in [2.24, 2.45) is 16.6 Å². The van der Waals surface area contributed by atoms with E-state index < -0.39 is 12.1 Å². The Labute approximate surface area is 149 Å².